The molecule has 1 atom stereocenters. The molecule has 1 aliphatic rings. The molecule has 1 nitrogen and oxygen atoms in total. The third kappa shape index (κ3) is 7.92. The first-order valence-corrected chi connectivity index (χ1v) is 7.24. The lowest BCUT2D eigenvalue weighted by Gasteiger charge is -2.05. The normalized spacial score (nSPS) is 26.9. The Morgan fingerprint density at radius 2 is 1.19 bits per heavy atom. The Labute approximate surface area is 101 Å². The largest absolute Gasteiger partial charge is 0.389 e. The van der Waals surface area contributed by atoms with Crippen molar-refractivity contribution in [3.8, 4) is 0 Å². The Bertz CT molecular complexity index is 174. The van der Waals surface area contributed by atoms with Gasteiger partial charge in [0.2, 0.25) is 0 Å². The first-order chi connectivity index (χ1) is 7.89. The van der Waals surface area contributed by atoms with Gasteiger partial charge in [-0.05, 0) is 19.3 Å². The maximum Gasteiger partial charge on any atom is 0.0720 e. The van der Waals surface area contributed by atoms with Crippen LogP contribution in [0.2, 0.25) is 0 Å². The summed E-state index contributed by atoms with van der Waals surface area (Å²) in [6.07, 6.45) is 19.6. The fourth-order valence-electron chi connectivity index (χ4n) is 2.38. The van der Waals surface area contributed by atoms with Crippen molar-refractivity contribution < 1.29 is 5.11 Å². The van der Waals surface area contributed by atoms with Gasteiger partial charge in [0.15, 0.2) is 0 Å². The molecule has 0 aromatic carbocycles. The molecule has 0 amide bonds. The van der Waals surface area contributed by atoms with Gasteiger partial charge in [0.05, 0.1) is 6.10 Å². The van der Waals surface area contributed by atoms with E-state index in [1.54, 1.807) is 0 Å². The minimum Gasteiger partial charge on any atom is -0.389 e. The van der Waals surface area contributed by atoms with Crippen LogP contribution in [-0.4, -0.2) is 11.2 Å². The highest BCUT2D eigenvalue weighted by Gasteiger charge is 1.99. The molecule has 94 valence electrons. The molecule has 1 N–H and O–H groups in total. The van der Waals surface area contributed by atoms with Gasteiger partial charge in [-0.3, -0.25) is 0 Å². The Kier molecular flexibility index (Phi) is 8.51. The minimum atomic E-state index is -0.190. The number of allylic oxidation sites excluding steroid dienone is 1. The van der Waals surface area contributed by atoms with E-state index < -0.39 is 0 Å². The van der Waals surface area contributed by atoms with Crippen LogP contribution in [0.4, 0.5) is 0 Å². The van der Waals surface area contributed by atoms with E-state index in [4.69, 9.17) is 0 Å². The van der Waals surface area contributed by atoms with E-state index in [2.05, 4.69) is 6.08 Å². The molecule has 0 fully saturated rings. The van der Waals surface area contributed by atoms with Crippen molar-refractivity contribution in [2.75, 3.05) is 0 Å². The maximum atomic E-state index is 9.69. The summed E-state index contributed by atoms with van der Waals surface area (Å²) >= 11 is 0. The molecule has 0 heterocycles. The van der Waals surface area contributed by atoms with E-state index in [0.29, 0.717) is 0 Å². The number of hydrogen-bond acceptors (Lipinski definition) is 1. The summed E-state index contributed by atoms with van der Waals surface area (Å²) in [7, 11) is 0. The standard InChI is InChI=1S/C15H28O/c16-15-13-11-9-7-5-3-1-2-4-6-8-10-12-14-15/h11,13,15-16H,1-10,12,14H2. The number of aliphatic hydroxyl groups is 1. The fourth-order valence-corrected chi connectivity index (χ4v) is 2.38. The highest BCUT2D eigenvalue weighted by atomic mass is 16.3. The van der Waals surface area contributed by atoms with Crippen LogP contribution in [0.3, 0.4) is 0 Å². The van der Waals surface area contributed by atoms with Crippen LogP contribution < -0.4 is 0 Å². The van der Waals surface area contributed by atoms with Gasteiger partial charge < -0.3 is 5.11 Å². The second-order valence-electron chi connectivity index (χ2n) is 5.11. The lowest BCUT2D eigenvalue weighted by atomic mass is 10.1. The first-order valence-electron chi connectivity index (χ1n) is 7.24. The second kappa shape index (κ2) is 9.89. The van der Waals surface area contributed by atoms with Gasteiger partial charge in [-0.15, -0.1) is 0 Å². The van der Waals surface area contributed by atoms with Crippen molar-refractivity contribution >= 4 is 0 Å². The average Bonchev–Trinajstić information content (AvgIpc) is 2.29. The predicted octanol–water partition coefficient (Wildman–Crippen LogP) is 4.60. The van der Waals surface area contributed by atoms with Crippen LogP contribution >= 0.6 is 0 Å². The summed E-state index contributed by atoms with van der Waals surface area (Å²) in [6.45, 7) is 0. The highest BCUT2D eigenvalue weighted by Crippen LogP contribution is 2.14. The average molecular weight is 224 g/mol. The smallest absolute Gasteiger partial charge is 0.0720 e. The Balaban J connectivity index is 2.18. The highest BCUT2D eigenvalue weighted by molar-refractivity contribution is 4.88. The van der Waals surface area contributed by atoms with Crippen LogP contribution in [0.5, 0.6) is 0 Å². The lowest BCUT2D eigenvalue weighted by molar-refractivity contribution is 0.207. The van der Waals surface area contributed by atoms with Crippen molar-refractivity contribution in [2.24, 2.45) is 0 Å². The van der Waals surface area contributed by atoms with E-state index in [1.807, 2.05) is 6.08 Å². The van der Waals surface area contributed by atoms with E-state index in [9.17, 15) is 5.11 Å². The molecular formula is C15H28O. The monoisotopic (exact) mass is 224 g/mol. The minimum absolute atomic E-state index is 0.190. The molecule has 16 heavy (non-hydrogen) atoms. The topological polar surface area (TPSA) is 20.2 Å². The summed E-state index contributed by atoms with van der Waals surface area (Å²) in [5.74, 6) is 0. The molecule has 0 aromatic heterocycles. The SMILES string of the molecule is OC1C=CCCCCCCCCCCCC1. The van der Waals surface area contributed by atoms with E-state index in [0.717, 1.165) is 12.8 Å². The molecule has 1 unspecified atom stereocenters. The predicted molar refractivity (Wildman–Crippen MR) is 70.6 cm³/mol. The van der Waals surface area contributed by atoms with E-state index >= 15 is 0 Å². The van der Waals surface area contributed by atoms with Crippen LogP contribution in [-0.2, 0) is 0 Å². The molecule has 0 aromatic rings. The van der Waals surface area contributed by atoms with Crippen LogP contribution in [0.25, 0.3) is 0 Å². The Morgan fingerprint density at radius 1 is 0.688 bits per heavy atom. The molecular weight excluding hydrogens is 196 g/mol. The zero-order valence-corrected chi connectivity index (χ0v) is 10.7. The molecule has 0 saturated carbocycles. The summed E-state index contributed by atoms with van der Waals surface area (Å²) < 4.78 is 0. The zero-order chi connectivity index (χ0) is 11.5. The van der Waals surface area contributed by atoms with Gasteiger partial charge in [-0.25, -0.2) is 0 Å². The molecule has 0 radical (unpaired) electrons. The summed E-state index contributed by atoms with van der Waals surface area (Å²) in [5.41, 5.74) is 0. The number of rotatable bonds is 0. The van der Waals surface area contributed by atoms with Gasteiger partial charge >= 0.3 is 0 Å². The van der Waals surface area contributed by atoms with Crippen molar-refractivity contribution in [1.82, 2.24) is 0 Å². The van der Waals surface area contributed by atoms with Crippen molar-refractivity contribution in [3.05, 3.63) is 12.2 Å². The molecule has 1 heteroatoms. The van der Waals surface area contributed by atoms with Crippen LogP contribution in [0.1, 0.15) is 77.0 Å². The van der Waals surface area contributed by atoms with Crippen LogP contribution in [0, 0.1) is 0 Å². The third-order valence-electron chi connectivity index (χ3n) is 3.48. The quantitative estimate of drug-likeness (QED) is 0.596. The van der Waals surface area contributed by atoms with Gasteiger partial charge in [-0.2, -0.15) is 0 Å². The molecule has 0 saturated heterocycles. The first kappa shape index (κ1) is 13.8. The van der Waals surface area contributed by atoms with Crippen molar-refractivity contribution in [2.45, 2.75) is 83.2 Å². The van der Waals surface area contributed by atoms with Crippen molar-refractivity contribution in [3.63, 3.8) is 0 Å². The summed E-state index contributed by atoms with van der Waals surface area (Å²) in [4.78, 5) is 0. The third-order valence-corrected chi connectivity index (χ3v) is 3.48. The Morgan fingerprint density at radius 3 is 1.81 bits per heavy atom. The zero-order valence-electron chi connectivity index (χ0n) is 10.7. The molecule has 0 aliphatic heterocycles. The van der Waals surface area contributed by atoms with Gasteiger partial charge in [0, 0.05) is 0 Å². The lowest BCUT2D eigenvalue weighted by Crippen LogP contribution is -2.01. The van der Waals surface area contributed by atoms with E-state index in [1.165, 1.54) is 64.2 Å². The fraction of sp³-hybridized carbons (Fsp3) is 0.867. The molecule has 1 aliphatic carbocycles. The second-order valence-corrected chi connectivity index (χ2v) is 5.11. The number of hydrogen-bond donors (Lipinski definition) is 1. The van der Waals surface area contributed by atoms with Crippen molar-refractivity contribution in [1.29, 1.82) is 0 Å². The molecule has 0 spiro atoms. The van der Waals surface area contributed by atoms with Crippen LogP contribution in [0.15, 0.2) is 12.2 Å². The number of aliphatic hydroxyl groups excluding tert-OH is 1. The van der Waals surface area contributed by atoms with Gasteiger partial charge in [0.25, 0.3) is 0 Å². The van der Waals surface area contributed by atoms with Gasteiger partial charge in [0.1, 0.15) is 0 Å². The van der Waals surface area contributed by atoms with Gasteiger partial charge in [-0.1, -0.05) is 69.9 Å². The maximum absolute atomic E-state index is 9.69. The molecule has 0 bridgehead atoms. The van der Waals surface area contributed by atoms with E-state index in [-0.39, 0.29) is 6.10 Å². The summed E-state index contributed by atoms with van der Waals surface area (Å²) in [5, 5.41) is 9.69. The Hall–Kier alpha value is -0.300. The summed E-state index contributed by atoms with van der Waals surface area (Å²) in [6, 6.07) is 0. The molecule has 1 rings (SSSR count).